The van der Waals surface area contributed by atoms with Crippen LogP contribution in [0.15, 0.2) is 0 Å². The molecule has 0 bridgehead atoms. The Hall–Kier alpha value is -0.460. The summed E-state index contributed by atoms with van der Waals surface area (Å²) >= 11 is 0. The lowest BCUT2D eigenvalue weighted by Crippen LogP contribution is -2.53. The average Bonchev–Trinajstić information content (AvgIpc) is 2.90. The van der Waals surface area contributed by atoms with Crippen LogP contribution in [0.3, 0.4) is 0 Å². The first-order valence-electron chi connectivity index (χ1n) is 4.98. The first kappa shape index (κ1) is 12.0. The summed E-state index contributed by atoms with van der Waals surface area (Å²) in [4.78, 5) is 0. The van der Waals surface area contributed by atoms with Crippen molar-refractivity contribution >= 4 is 0 Å². The Labute approximate surface area is 87.8 Å². The van der Waals surface area contributed by atoms with Gasteiger partial charge in [-0.15, -0.1) is 0 Å². The van der Waals surface area contributed by atoms with Gasteiger partial charge in [-0.1, -0.05) is 12.8 Å². The van der Waals surface area contributed by atoms with Crippen LogP contribution < -0.4 is 0 Å². The molecule has 2 fully saturated rings. The standard InChI is InChI=1S/C9H10F6O/c10-6(9(13,14)15)8(11,12)7-4-2-1-3-5(7)16-7/h5-6H,1-4H2. The van der Waals surface area contributed by atoms with Gasteiger partial charge >= 0.3 is 12.1 Å². The third-order valence-corrected chi connectivity index (χ3v) is 3.25. The van der Waals surface area contributed by atoms with E-state index in [0.717, 1.165) is 0 Å². The number of fused-ring (bicyclic) bond motifs is 1. The summed E-state index contributed by atoms with van der Waals surface area (Å²) in [5.74, 6) is -4.49. The minimum atomic E-state index is -5.55. The summed E-state index contributed by atoms with van der Waals surface area (Å²) in [7, 11) is 0. The van der Waals surface area contributed by atoms with E-state index in [1.54, 1.807) is 0 Å². The van der Waals surface area contributed by atoms with Gasteiger partial charge in [-0.3, -0.25) is 0 Å². The maximum atomic E-state index is 13.4. The number of epoxide rings is 1. The average molecular weight is 248 g/mol. The van der Waals surface area contributed by atoms with E-state index in [4.69, 9.17) is 0 Å². The highest BCUT2D eigenvalue weighted by atomic mass is 19.4. The Kier molecular flexibility index (Phi) is 2.46. The fraction of sp³-hybridized carbons (Fsp3) is 1.00. The Morgan fingerprint density at radius 3 is 2.25 bits per heavy atom. The van der Waals surface area contributed by atoms with Crippen molar-refractivity contribution in [1.82, 2.24) is 0 Å². The molecule has 1 aliphatic carbocycles. The van der Waals surface area contributed by atoms with Gasteiger partial charge in [0.2, 0.25) is 0 Å². The van der Waals surface area contributed by atoms with Gasteiger partial charge in [0.1, 0.15) is 0 Å². The van der Waals surface area contributed by atoms with Crippen LogP contribution in [0.1, 0.15) is 25.7 Å². The van der Waals surface area contributed by atoms with Gasteiger partial charge in [0.25, 0.3) is 6.17 Å². The normalized spacial score (nSPS) is 36.8. The highest BCUT2D eigenvalue weighted by molar-refractivity contribution is 5.16. The predicted molar refractivity (Wildman–Crippen MR) is 42.0 cm³/mol. The smallest absolute Gasteiger partial charge is 0.359 e. The van der Waals surface area contributed by atoms with E-state index >= 15 is 0 Å². The Balaban J connectivity index is 2.19. The molecule has 1 saturated carbocycles. The molecule has 0 amide bonds. The second-order valence-corrected chi connectivity index (χ2v) is 4.27. The zero-order chi connectivity index (χ0) is 12.2. The van der Waals surface area contributed by atoms with Crippen LogP contribution in [0.5, 0.6) is 0 Å². The fourth-order valence-electron chi connectivity index (χ4n) is 2.33. The highest BCUT2D eigenvalue weighted by Gasteiger charge is 2.78. The summed E-state index contributed by atoms with van der Waals surface area (Å²) in [6.07, 6.45) is -9.57. The Morgan fingerprint density at radius 2 is 1.75 bits per heavy atom. The van der Waals surface area contributed by atoms with Crippen LogP contribution in [0.2, 0.25) is 0 Å². The van der Waals surface area contributed by atoms with Crippen molar-refractivity contribution in [3.8, 4) is 0 Å². The van der Waals surface area contributed by atoms with E-state index in [1.165, 1.54) is 0 Å². The molecule has 0 N–H and O–H groups in total. The van der Waals surface area contributed by atoms with Crippen molar-refractivity contribution in [3.63, 3.8) is 0 Å². The molecule has 1 aliphatic heterocycles. The van der Waals surface area contributed by atoms with Gasteiger partial charge in [0.15, 0.2) is 5.60 Å². The van der Waals surface area contributed by atoms with Crippen LogP contribution in [-0.4, -0.2) is 30.0 Å². The molecule has 94 valence electrons. The second-order valence-electron chi connectivity index (χ2n) is 4.27. The zero-order valence-corrected chi connectivity index (χ0v) is 8.16. The van der Waals surface area contributed by atoms with Crippen molar-refractivity contribution < 1.29 is 31.1 Å². The Bertz CT molecular complexity index is 288. The lowest BCUT2D eigenvalue weighted by molar-refractivity contribution is -0.262. The summed E-state index contributed by atoms with van der Waals surface area (Å²) in [5.41, 5.74) is -2.21. The van der Waals surface area contributed by atoms with Crippen LogP contribution in [0, 0.1) is 0 Å². The van der Waals surface area contributed by atoms with Crippen molar-refractivity contribution in [3.05, 3.63) is 0 Å². The van der Waals surface area contributed by atoms with Crippen LogP contribution in [-0.2, 0) is 4.74 Å². The molecular weight excluding hydrogens is 238 g/mol. The van der Waals surface area contributed by atoms with E-state index in [-0.39, 0.29) is 12.8 Å². The van der Waals surface area contributed by atoms with Crippen LogP contribution in [0.25, 0.3) is 0 Å². The first-order valence-corrected chi connectivity index (χ1v) is 4.98. The van der Waals surface area contributed by atoms with Crippen molar-refractivity contribution in [2.24, 2.45) is 0 Å². The number of ether oxygens (including phenoxy) is 1. The Morgan fingerprint density at radius 1 is 1.12 bits per heavy atom. The molecule has 0 aromatic rings. The molecule has 16 heavy (non-hydrogen) atoms. The summed E-state index contributed by atoms with van der Waals surface area (Å²) in [5, 5.41) is 0. The van der Waals surface area contributed by atoms with Crippen molar-refractivity contribution in [2.45, 2.75) is 55.7 Å². The molecule has 1 heterocycles. The van der Waals surface area contributed by atoms with Crippen molar-refractivity contribution in [2.75, 3.05) is 0 Å². The van der Waals surface area contributed by atoms with E-state index in [9.17, 15) is 26.3 Å². The zero-order valence-electron chi connectivity index (χ0n) is 8.16. The maximum Gasteiger partial charge on any atom is 0.425 e. The second kappa shape index (κ2) is 3.27. The quantitative estimate of drug-likeness (QED) is 0.540. The minimum absolute atomic E-state index is 0.207. The third-order valence-electron chi connectivity index (χ3n) is 3.25. The summed E-state index contributed by atoms with van der Waals surface area (Å²) < 4.78 is 80.2. The minimum Gasteiger partial charge on any atom is -0.359 e. The molecule has 2 aliphatic rings. The molecule has 7 heteroatoms. The van der Waals surface area contributed by atoms with Gasteiger partial charge in [-0.25, -0.2) is 4.39 Å². The largest absolute Gasteiger partial charge is 0.425 e. The van der Waals surface area contributed by atoms with E-state index in [1.807, 2.05) is 0 Å². The third kappa shape index (κ3) is 1.51. The summed E-state index contributed by atoms with van der Waals surface area (Å²) in [6.45, 7) is 0. The van der Waals surface area contributed by atoms with Gasteiger partial charge in [0.05, 0.1) is 6.10 Å². The number of rotatable bonds is 2. The van der Waals surface area contributed by atoms with Gasteiger partial charge in [0, 0.05) is 0 Å². The lowest BCUT2D eigenvalue weighted by atomic mass is 9.82. The monoisotopic (exact) mass is 248 g/mol. The van der Waals surface area contributed by atoms with Gasteiger partial charge < -0.3 is 4.74 Å². The molecule has 2 rings (SSSR count). The molecule has 1 saturated heterocycles. The lowest BCUT2D eigenvalue weighted by Gasteiger charge is -2.30. The van der Waals surface area contributed by atoms with E-state index in [2.05, 4.69) is 4.74 Å². The molecule has 0 aromatic heterocycles. The van der Waals surface area contributed by atoms with Gasteiger partial charge in [-0.05, 0) is 12.8 Å². The molecule has 1 nitrogen and oxygen atoms in total. The van der Waals surface area contributed by atoms with Gasteiger partial charge in [-0.2, -0.15) is 22.0 Å². The SMILES string of the molecule is FC(C(F)(F)F)C(F)(F)C12CCCCC1O2. The van der Waals surface area contributed by atoms with Crippen LogP contribution >= 0.6 is 0 Å². The molecule has 0 aromatic carbocycles. The van der Waals surface area contributed by atoms with Crippen molar-refractivity contribution in [1.29, 1.82) is 0 Å². The first-order chi connectivity index (χ1) is 7.22. The highest BCUT2D eigenvalue weighted by Crippen LogP contribution is 2.59. The maximum absolute atomic E-state index is 13.4. The fourth-order valence-corrected chi connectivity index (χ4v) is 2.33. The molecule has 3 unspecified atom stereocenters. The van der Waals surface area contributed by atoms with Crippen LogP contribution in [0.4, 0.5) is 26.3 Å². The number of hydrogen-bond donors (Lipinski definition) is 0. The number of hydrogen-bond acceptors (Lipinski definition) is 1. The topological polar surface area (TPSA) is 12.5 Å². The van der Waals surface area contributed by atoms with E-state index in [0.29, 0.717) is 12.8 Å². The molecule has 3 atom stereocenters. The van der Waals surface area contributed by atoms with E-state index < -0.39 is 30.0 Å². The molecular formula is C9H10F6O. The molecule has 0 radical (unpaired) electrons. The number of alkyl halides is 6. The molecule has 0 spiro atoms. The number of halogens is 6. The summed E-state index contributed by atoms with van der Waals surface area (Å²) in [6, 6.07) is 0. The predicted octanol–water partition coefficient (Wildman–Crippen LogP) is 3.23.